The van der Waals surface area contributed by atoms with Crippen LogP contribution in [-0.4, -0.2) is 29.3 Å². The molecule has 0 saturated heterocycles. The molecule has 0 aromatic rings. The van der Waals surface area contributed by atoms with Gasteiger partial charge in [0.1, 0.15) is 6.04 Å². The second kappa shape index (κ2) is 4.07. The van der Waals surface area contributed by atoms with Crippen LogP contribution >= 0.6 is 0 Å². The summed E-state index contributed by atoms with van der Waals surface area (Å²) in [7, 11) is 0. The van der Waals surface area contributed by atoms with Gasteiger partial charge in [-0.3, -0.25) is 4.79 Å². The van der Waals surface area contributed by atoms with Gasteiger partial charge in [-0.15, -0.1) is 0 Å². The summed E-state index contributed by atoms with van der Waals surface area (Å²) in [6.45, 7) is 2.08. The van der Waals surface area contributed by atoms with E-state index in [0.29, 0.717) is 13.0 Å². The van der Waals surface area contributed by atoms with E-state index in [1.165, 1.54) is 0 Å². The van der Waals surface area contributed by atoms with E-state index in [0.717, 1.165) is 19.3 Å². The number of aliphatic hydroxyl groups is 1. The maximum Gasteiger partial charge on any atom is 0.323 e. The zero-order valence-electron chi connectivity index (χ0n) is 7.95. The molecule has 1 aliphatic carbocycles. The van der Waals surface area contributed by atoms with Crippen molar-refractivity contribution < 1.29 is 14.6 Å². The van der Waals surface area contributed by atoms with Crippen molar-refractivity contribution in [3.8, 4) is 0 Å². The van der Waals surface area contributed by atoms with Gasteiger partial charge >= 0.3 is 5.97 Å². The fraction of sp³-hybridized carbons (Fsp3) is 0.889. The predicted molar refractivity (Wildman–Crippen MR) is 48.0 cm³/mol. The fourth-order valence-electron chi connectivity index (χ4n) is 1.53. The van der Waals surface area contributed by atoms with E-state index in [4.69, 9.17) is 10.5 Å². The zero-order valence-corrected chi connectivity index (χ0v) is 7.95. The first-order valence-corrected chi connectivity index (χ1v) is 4.72. The minimum absolute atomic E-state index is 0.325. The van der Waals surface area contributed by atoms with E-state index in [-0.39, 0.29) is 0 Å². The van der Waals surface area contributed by atoms with Gasteiger partial charge in [-0.25, -0.2) is 0 Å². The van der Waals surface area contributed by atoms with E-state index < -0.39 is 17.6 Å². The van der Waals surface area contributed by atoms with Crippen LogP contribution in [0.15, 0.2) is 0 Å². The Labute approximate surface area is 78.1 Å². The molecule has 1 unspecified atom stereocenters. The van der Waals surface area contributed by atoms with Crippen molar-refractivity contribution in [2.24, 2.45) is 5.73 Å². The topological polar surface area (TPSA) is 72.5 Å². The molecule has 1 fully saturated rings. The molecule has 0 heterocycles. The van der Waals surface area contributed by atoms with Gasteiger partial charge < -0.3 is 15.6 Å². The quantitative estimate of drug-likeness (QED) is 0.616. The van der Waals surface area contributed by atoms with Gasteiger partial charge in [0.25, 0.3) is 0 Å². The fourth-order valence-corrected chi connectivity index (χ4v) is 1.53. The molecule has 13 heavy (non-hydrogen) atoms. The third kappa shape index (κ3) is 2.67. The van der Waals surface area contributed by atoms with Crippen molar-refractivity contribution in [2.75, 3.05) is 6.61 Å². The van der Waals surface area contributed by atoms with E-state index in [9.17, 15) is 9.90 Å². The van der Waals surface area contributed by atoms with Crippen molar-refractivity contribution in [3.63, 3.8) is 0 Å². The van der Waals surface area contributed by atoms with E-state index in [1.807, 2.05) is 0 Å². The molecular formula is C9H17NO3. The second-order valence-corrected chi connectivity index (χ2v) is 3.64. The number of hydrogen-bond acceptors (Lipinski definition) is 4. The van der Waals surface area contributed by atoms with Gasteiger partial charge in [0.2, 0.25) is 0 Å². The van der Waals surface area contributed by atoms with Crippen LogP contribution < -0.4 is 5.73 Å². The Morgan fingerprint density at radius 3 is 2.69 bits per heavy atom. The molecule has 0 bridgehead atoms. The molecule has 1 saturated carbocycles. The standard InChI is InChI=1S/C9H17NO3/c1-2-13-8(11)7(10)6-9(12)4-3-5-9/h7,12H,2-6,10H2,1H3. The monoisotopic (exact) mass is 187 g/mol. The Kier molecular flexibility index (Phi) is 3.27. The summed E-state index contributed by atoms with van der Waals surface area (Å²) in [4.78, 5) is 11.1. The van der Waals surface area contributed by atoms with Crippen LogP contribution in [0.3, 0.4) is 0 Å². The number of rotatable bonds is 4. The molecule has 0 radical (unpaired) electrons. The lowest BCUT2D eigenvalue weighted by molar-refractivity contribution is -0.147. The van der Waals surface area contributed by atoms with Crippen LogP contribution in [0, 0.1) is 0 Å². The average Bonchev–Trinajstić information content (AvgIpc) is 2.02. The Morgan fingerprint density at radius 1 is 1.69 bits per heavy atom. The highest BCUT2D eigenvalue weighted by Gasteiger charge is 2.37. The predicted octanol–water partition coefficient (Wildman–Crippen LogP) is 0.182. The summed E-state index contributed by atoms with van der Waals surface area (Å²) in [6.07, 6.45) is 2.85. The molecule has 4 heteroatoms. The molecule has 4 nitrogen and oxygen atoms in total. The number of ether oxygens (including phenoxy) is 1. The van der Waals surface area contributed by atoms with Crippen molar-refractivity contribution in [3.05, 3.63) is 0 Å². The highest BCUT2D eigenvalue weighted by molar-refractivity contribution is 5.75. The lowest BCUT2D eigenvalue weighted by atomic mass is 9.76. The van der Waals surface area contributed by atoms with Gasteiger partial charge in [0.15, 0.2) is 0 Å². The maximum atomic E-state index is 11.1. The molecule has 3 N–H and O–H groups in total. The minimum Gasteiger partial charge on any atom is -0.465 e. The number of hydrogen-bond donors (Lipinski definition) is 2. The van der Waals surface area contributed by atoms with Crippen LogP contribution in [0.1, 0.15) is 32.6 Å². The maximum absolute atomic E-state index is 11.1. The first-order valence-electron chi connectivity index (χ1n) is 4.72. The molecule has 0 aliphatic heterocycles. The van der Waals surface area contributed by atoms with Gasteiger partial charge in [0.05, 0.1) is 12.2 Å². The number of esters is 1. The SMILES string of the molecule is CCOC(=O)C(N)CC1(O)CCC1. The summed E-state index contributed by atoms with van der Waals surface area (Å²) in [6, 6.07) is -0.676. The molecule has 76 valence electrons. The molecule has 0 aromatic heterocycles. The molecular weight excluding hydrogens is 170 g/mol. The Bertz CT molecular complexity index is 189. The first kappa shape index (κ1) is 10.5. The van der Waals surface area contributed by atoms with Crippen LogP contribution in [-0.2, 0) is 9.53 Å². The zero-order chi connectivity index (χ0) is 9.90. The van der Waals surface area contributed by atoms with Crippen LogP contribution in [0.4, 0.5) is 0 Å². The number of nitrogens with two attached hydrogens (primary N) is 1. The van der Waals surface area contributed by atoms with Crippen LogP contribution in [0.5, 0.6) is 0 Å². The Hall–Kier alpha value is -0.610. The molecule has 1 aliphatic rings. The second-order valence-electron chi connectivity index (χ2n) is 3.64. The van der Waals surface area contributed by atoms with Gasteiger partial charge in [0, 0.05) is 6.42 Å². The summed E-state index contributed by atoms with van der Waals surface area (Å²) >= 11 is 0. The Morgan fingerprint density at radius 2 is 2.31 bits per heavy atom. The third-order valence-electron chi connectivity index (χ3n) is 2.47. The molecule has 1 rings (SSSR count). The van der Waals surface area contributed by atoms with Gasteiger partial charge in [-0.2, -0.15) is 0 Å². The van der Waals surface area contributed by atoms with Crippen molar-refractivity contribution in [1.82, 2.24) is 0 Å². The first-order chi connectivity index (χ1) is 6.07. The largest absolute Gasteiger partial charge is 0.465 e. The molecule has 1 atom stereocenters. The lowest BCUT2D eigenvalue weighted by Crippen LogP contribution is -2.46. The van der Waals surface area contributed by atoms with Gasteiger partial charge in [-0.05, 0) is 26.2 Å². The normalized spacial score (nSPS) is 21.8. The molecule has 0 amide bonds. The van der Waals surface area contributed by atoms with Crippen LogP contribution in [0.25, 0.3) is 0 Å². The smallest absolute Gasteiger partial charge is 0.323 e. The molecule has 0 spiro atoms. The summed E-state index contributed by atoms with van der Waals surface area (Å²) < 4.78 is 4.74. The summed E-state index contributed by atoms with van der Waals surface area (Å²) in [5, 5.41) is 9.71. The summed E-state index contributed by atoms with van der Waals surface area (Å²) in [5.41, 5.74) is 4.86. The Balaban J connectivity index is 2.31. The highest BCUT2D eigenvalue weighted by Crippen LogP contribution is 2.35. The van der Waals surface area contributed by atoms with E-state index >= 15 is 0 Å². The number of carbonyl (C=O) groups excluding carboxylic acids is 1. The van der Waals surface area contributed by atoms with Crippen molar-refractivity contribution in [1.29, 1.82) is 0 Å². The minimum atomic E-state index is -0.702. The van der Waals surface area contributed by atoms with E-state index in [1.54, 1.807) is 6.92 Å². The van der Waals surface area contributed by atoms with Crippen molar-refractivity contribution in [2.45, 2.75) is 44.2 Å². The highest BCUT2D eigenvalue weighted by atomic mass is 16.5. The summed E-state index contributed by atoms with van der Waals surface area (Å²) in [5.74, 6) is -0.414. The van der Waals surface area contributed by atoms with E-state index in [2.05, 4.69) is 0 Å². The van der Waals surface area contributed by atoms with Gasteiger partial charge in [-0.1, -0.05) is 0 Å². The van der Waals surface area contributed by atoms with Crippen LogP contribution in [0.2, 0.25) is 0 Å². The lowest BCUT2D eigenvalue weighted by Gasteiger charge is -2.37. The number of carbonyl (C=O) groups is 1. The van der Waals surface area contributed by atoms with Crippen molar-refractivity contribution >= 4 is 5.97 Å². The molecule has 0 aromatic carbocycles. The average molecular weight is 187 g/mol. The third-order valence-corrected chi connectivity index (χ3v) is 2.47.